The van der Waals surface area contributed by atoms with Crippen molar-refractivity contribution in [1.82, 2.24) is 0 Å². The van der Waals surface area contributed by atoms with Crippen molar-refractivity contribution in [2.45, 2.75) is 12.4 Å². The van der Waals surface area contributed by atoms with E-state index in [0.29, 0.717) is 0 Å². The largest absolute Gasteiger partial charge is 0.416 e. The SMILES string of the molecule is FC(F)(F)c1cc(-c2ccc(-c3ccc4ccc(-c5ccc(-c6ccc7ccccc7c6)cc5)cc4c3)cc2)cc(C(F)(F)F)c1. The standard InChI is InChI=1S/C40H24F6/c41-39(42,43)37-22-36(23-38(24-37)40(44,45)46)30-11-9-28(10-12-30)34-18-15-29-14-17-33(20-35(29)21-34)27-7-5-26(6-8-27)32-16-13-25-3-1-2-4-31(25)19-32/h1-24H. The van der Waals surface area contributed by atoms with Crippen LogP contribution in [0.3, 0.4) is 0 Å². The molecule has 0 heterocycles. The van der Waals surface area contributed by atoms with E-state index in [0.717, 1.165) is 56.3 Å². The van der Waals surface area contributed by atoms with Gasteiger partial charge in [-0.2, -0.15) is 26.3 Å². The van der Waals surface area contributed by atoms with Crippen molar-refractivity contribution < 1.29 is 26.3 Å². The first-order chi connectivity index (χ1) is 22.0. The zero-order chi connectivity index (χ0) is 32.1. The molecule has 0 aliphatic heterocycles. The van der Waals surface area contributed by atoms with Crippen molar-refractivity contribution in [2.75, 3.05) is 0 Å². The molecule has 0 aliphatic rings. The molecule has 0 saturated carbocycles. The summed E-state index contributed by atoms with van der Waals surface area (Å²) >= 11 is 0. The molecule has 0 nitrogen and oxygen atoms in total. The summed E-state index contributed by atoms with van der Waals surface area (Å²) in [6, 6.07) is 43.5. The van der Waals surface area contributed by atoms with Crippen molar-refractivity contribution in [3.63, 3.8) is 0 Å². The van der Waals surface area contributed by atoms with Crippen LogP contribution in [-0.4, -0.2) is 0 Å². The highest BCUT2D eigenvalue weighted by Gasteiger charge is 2.37. The molecule has 46 heavy (non-hydrogen) atoms. The molecule has 0 bridgehead atoms. The number of hydrogen-bond acceptors (Lipinski definition) is 0. The number of rotatable bonds is 4. The van der Waals surface area contributed by atoms with E-state index in [1.54, 1.807) is 24.3 Å². The van der Waals surface area contributed by atoms with E-state index in [4.69, 9.17) is 0 Å². The third-order valence-corrected chi connectivity index (χ3v) is 8.28. The van der Waals surface area contributed by atoms with Gasteiger partial charge in [-0.05, 0) is 102 Å². The molecule has 7 aromatic rings. The molecular formula is C40H24F6. The summed E-state index contributed by atoms with van der Waals surface area (Å²) in [6.07, 6.45) is -9.81. The van der Waals surface area contributed by atoms with Crippen LogP contribution in [0.25, 0.3) is 66.1 Å². The summed E-state index contributed by atoms with van der Waals surface area (Å²) < 4.78 is 80.2. The highest BCUT2D eigenvalue weighted by Crippen LogP contribution is 2.39. The van der Waals surface area contributed by atoms with Gasteiger partial charge < -0.3 is 0 Å². The van der Waals surface area contributed by atoms with Crippen molar-refractivity contribution >= 4 is 21.5 Å². The van der Waals surface area contributed by atoms with E-state index in [1.165, 1.54) is 10.8 Å². The zero-order valence-electron chi connectivity index (χ0n) is 24.1. The van der Waals surface area contributed by atoms with Crippen molar-refractivity contribution in [2.24, 2.45) is 0 Å². The summed E-state index contributed by atoms with van der Waals surface area (Å²) in [5, 5.41) is 4.44. The fourth-order valence-electron chi connectivity index (χ4n) is 5.81. The molecule has 0 atom stereocenters. The lowest BCUT2D eigenvalue weighted by molar-refractivity contribution is -0.143. The van der Waals surface area contributed by atoms with Gasteiger partial charge in [-0.15, -0.1) is 0 Å². The lowest BCUT2D eigenvalue weighted by Gasteiger charge is -2.14. The molecule has 7 rings (SSSR count). The van der Waals surface area contributed by atoms with Crippen molar-refractivity contribution in [3.8, 4) is 44.5 Å². The summed E-state index contributed by atoms with van der Waals surface area (Å²) in [6.45, 7) is 0. The monoisotopic (exact) mass is 618 g/mol. The van der Waals surface area contributed by atoms with Crippen LogP contribution in [0.1, 0.15) is 11.1 Å². The van der Waals surface area contributed by atoms with Gasteiger partial charge in [-0.1, -0.05) is 109 Å². The Morgan fingerprint density at radius 1 is 0.261 bits per heavy atom. The molecule has 0 aromatic heterocycles. The fraction of sp³-hybridized carbons (Fsp3) is 0.0500. The van der Waals surface area contributed by atoms with Gasteiger partial charge in [-0.25, -0.2) is 0 Å². The number of hydrogen-bond donors (Lipinski definition) is 0. The van der Waals surface area contributed by atoms with Gasteiger partial charge in [0.2, 0.25) is 0 Å². The van der Waals surface area contributed by atoms with Gasteiger partial charge in [0, 0.05) is 0 Å². The normalized spacial score (nSPS) is 12.1. The molecule has 0 fully saturated rings. The Balaban J connectivity index is 1.17. The first kappa shape index (κ1) is 29.4. The molecule has 226 valence electrons. The average Bonchev–Trinajstić information content (AvgIpc) is 3.07. The van der Waals surface area contributed by atoms with Gasteiger partial charge in [0.25, 0.3) is 0 Å². The summed E-state index contributed by atoms with van der Waals surface area (Å²) in [4.78, 5) is 0. The molecule has 6 heteroatoms. The van der Waals surface area contributed by atoms with E-state index >= 15 is 0 Å². The van der Waals surface area contributed by atoms with Crippen LogP contribution in [0.15, 0.2) is 146 Å². The van der Waals surface area contributed by atoms with Crippen LogP contribution in [-0.2, 0) is 12.4 Å². The van der Waals surface area contributed by atoms with E-state index in [2.05, 4.69) is 72.8 Å². The van der Waals surface area contributed by atoms with Crippen LogP contribution in [0, 0.1) is 0 Å². The Labute approximate surface area is 261 Å². The van der Waals surface area contributed by atoms with Crippen LogP contribution in [0.2, 0.25) is 0 Å². The molecule has 0 radical (unpaired) electrons. The predicted octanol–water partition coefficient (Wildman–Crippen LogP) is 12.7. The second-order valence-electron chi connectivity index (χ2n) is 11.3. The van der Waals surface area contributed by atoms with Crippen molar-refractivity contribution in [1.29, 1.82) is 0 Å². The van der Waals surface area contributed by atoms with Gasteiger partial charge >= 0.3 is 12.4 Å². The van der Waals surface area contributed by atoms with Crippen LogP contribution < -0.4 is 0 Å². The Hall–Kier alpha value is -5.36. The van der Waals surface area contributed by atoms with Crippen LogP contribution in [0.4, 0.5) is 26.3 Å². The maximum absolute atomic E-state index is 13.4. The first-order valence-electron chi connectivity index (χ1n) is 14.6. The molecule has 0 aliphatic carbocycles. The Bertz CT molecular complexity index is 2170. The maximum atomic E-state index is 13.4. The van der Waals surface area contributed by atoms with Crippen molar-refractivity contribution in [3.05, 3.63) is 157 Å². The highest BCUT2D eigenvalue weighted by molar-refractivity contribution is 5.92. The number of benzene rings is 7. The lowest BCUT2D eigenvalue weighted by Crippen LogP contribution is -2.11. The van der Waals surface area contributed by atoms with Gasteiger partial charge in [-0.3, -0.25) is 0 Å². The van der Waals surface area contributed by atoms with E-state index in [9.17, 15) is 26.3 Å². The molecular weight excluding hydrogens is 594 g/mol. The molecule has 0 amide bonds. The maximum Gasteiger partial charge on any atom is 0.416 e. The van der Waals surface area contributed by atoms with Gasteiger partial charge in [0.05, 0.1) is 11.1 Å². The molecule has 0 spiro atoms. The molecule has 7 aromatic carbocycles. The third-order valence-electron chi connectivity index (χ3n) is 8.28. The number of alkyl halides is 6. The minimum absolute atomic E-state index is 0.139. The Morgan fingerprint density at radius 2 is 0.587 bits per heavy atom. The Morgan fingerprint density at radius 3 is 1.00 bits per heavy atom. The average molecular weight is 619 g/mol. The number of halogens is 6. The fourth-order valence-corrected chi connectivity index (χ4v) is 5.81. The first-order valence-corrected chi connectivity index (χ1v) is 14.6. The third kappa shape index (κ3) is 5.86. The number of fused-ring (bicyclic) bond motifs is 2. The minimum Gasteiger partial charge on any atom is -0.166 e. The second-order valence-corrected chi connectivity index (χ2v) is 11.3. The predicted molar refractivity (Wildman–Crippen MR) is 173 cm³/mol. The summed E-state index contributed by atoms with van der Waals surface area (Å²) in [7, 11) is 0. The lowest BCUT2D eigenvalue weighted by atomic mass is 9.94. The van der Waals surface area contributed by atoms with Gasteiger partial charge in [0.1, 0.15) is 0 Å². The smallest absolute Gasteiger partial charge is 0.166 e. The summed E-state index contributed by atoms with van der Waals surface area (Å²) in [5.74, 6) is 0. The topological polar surface area (TPSA) is 0 Å². The zero-order valence-corrected chi connectivity index (χ0v) is 24.1. The quantitative estimate of drug-likeness (QED) is 0.172. The van der Waals surface area contributed by atoms with E-state index in [1.807, 2.05) is 30.3 Å². The molecule has 0 unspecified atom stereocenters. The minimum atomic E-state index is -4.90. The molecule has 0 saturated heterocycles. The van der Waals surface area contributed by atoms with E-state index < -0.39 is 23.5 Å². The van der Waals surface area contributed by atoms with E-state index in [-0.39, 0.29) is 17.2 Å². The van der Waals surface area contributed by atoms with Crippen LogP contribution >= 0.6 is 0 Å². The Kier molecular flexibility index (Phi) is 7.16. The van der Waals surface area contributed by atoms with Gasteiger partial charge in [0.15, 0.2) is 0 Å². The highest BCUT2D eigenvalue weighted by atomic mass is 19.4. The van der Waals surface area contributed by atoms with Crippen LogP contribution in [0.5, 0.6) is 0 Å². The summed E-state index contributed by atoms with van der Waals surface area (Å²) in [5.41, 5.74) is 3.50. The molecule has 0 N–H and O–H groups in total. The second kappa shape index (κ2) is 11.2.